The van der Waals surface area contributed by atoms with E-state index in [1.807, 2.05) is 0 Å². The molecular weight excluding hydrogens is 182 g/mol. The quantitative estimate of drug-likeness (QED) is 0.754. The first-order valence-corrected chi connectivity index (χ1v) is 4.60. The summed E-state index contributed by atoms with van der Waals surface area (Å²) in [4.78, 5) is 13.2. The molecule has 0 aromatic carbocycles. The number of rotatable bonds is 4. The van der Waals surface area contributed by atoms with E-state index in [4.69, 9.17) is 0 Å². The average molecular weight is 197 g/mol. The maximum absolute atomic E-state index is 11.6. The summed E-state index contributed by atoms with van der Waals surface area (Å²) in [6, 6.07) is 0. The molecule has 0 unspecified atom stereocenters. The lowest BCUT2D eigenvalue weighted by Gasteiger charge is -2.15. The molecule has 1 aromatic rings. The lowest BCUT2D eigenvalue weighted by Crippen LogP contribution is -2.29. The minimum atomic E-state index is -0.195. The molecule has 1 rings (SSSR count). The number of carbonyl (C=O) groups is 1. The van der Waals surface area contributed by atoms with Crippen molar-refractivity contribution in [1.82, 2.24) is 25.5 Å². The second-order valence-corrected chi connectivity index (χ2v) is 3.64. The van der Waals surface area contributed by atoms with Crippen LogP contribution in [-0.2, 0) is 0 Å². The molecule has 0 radical (unpaired) electrons. The van der Waals surface area contributed by atoms with Crippen LogP contribution in [0.2, 0.25) is 0 Å². The molecular formula is C8H15N5O. The van der Waals surface area contributed by atoms with Crippen LogP contribution in [0.1, 0.15) is 30.9 Å². The monoisotopic (exact) mass is 197 g/mol. The number of aromatic nitrogens is 4. The first-order valence-electron chi connectivity index (χ1n) is 4.60. The Morgan fingerprint density at radius 1 is 1.57 bits per heavy atom. The summed E-state index contributed by atoms with van der Waals surface area (Å²) in [5, 5.41) is 12.8. The van der Waals surface area contributed by atoms with Crippen LogP contribution in [0.15, 0.2) is 0 Å². The fraction of sp³-hybridized carbons (Fsp3) is 0.750. The van der Waals surface area contributed by atoms with Crippen LogP contribution in [0.3, 0.4) is 0 Å². The Balaban J connectivity index is 2.45. The zero-order valence-corrected chi connectivity index (χ0v) is 8.69. The second-order valence-electron chi connectivity index (χ2n) is 3.64. The van der Waals surface area contributed by atoms with E-state index in [-0.39, 0.29) is 11.7 Å². The van der Waals surface area contributed by atoms with Gasteiger partial charge in [0.05, 0.1) is 0 Å². The fourth-order valence-electron chi connectivity index (χ4n) is 0.977. The molecule has 78 valence electrons. The fourth-order valence-corrected chi connectivity index (χ4v) is 0.977. The summed E-state index contributed by atoms with van der Waals surface area (Å²) in [5.74, 6) is 0.506. The standard InChI is InChI=1S/C8H15N5O/c1-6(2)4-5-13(3)8(14)7-9-11-12-10-7/h6H,4-5H2,1-3H3,(H,9,10,11,12). The Kier molecular flexibility index (Phi) is 3.55. The summed E-state index contributed by atoms with van der Waals surface area (Å²) in [7, 11) is 1.74. The van der Waals surface area contributed by atoms with Gasteiger partial charge in [0.15, 0.2) is 0 Å². The Bertz CT molecular complexity index is 282. The van der Waals surface area contributed by atoms with Crippen LogP contribution in [0, 0.1) is 5.92 Å². The van der Waals surface area contributed by atoms with Gasteiger partial charge in [-0.05, 0) is 17.6 Å². The van der Waals surface area contributed by atoms with E-state index < -0.39 is 0 Å². The van der Waals surface area contributed by atoms with Gasteiger partial charge in [-0.25, -0.2) is 0 Å². The number of nitrogens with zero attached hydrogens (tertiary/aromatic N) is 4. The highest BCUT2D eigenvalue weighted by molar-refractivity contribution is 5.89. The van der Waals surface area contributed by atoms with E-state index in [1.54, 1.807) is 11.9 Å². The predicted molar refractivity (Wildman–Crippen MR) is 50.6 cm³/mol. The smallest absolute Gasteiger partial charge is 0.295 e. The molecule has 0 bridgehead atoms. The molecule has 0 saturated carbocycles. The highest BCUT2D eigenvalue weighted by atomic mass is 16.2. The van der Waals surface area contributed by atoms with E-state index >= 15 is 0 Å². The van der Waals surface area contributed by atoms with E-state index in [0.29, 0.717) is 12.5 Å². The van der Waals surface area contributed by atoms with Crippen LogP contribution >= 0.6 is 0 Å². The zero-order chi connectivity index (χ0) is 10.6. The SMILES string of the molecule is CC(C)CCN(C)C(=O)c1nn[nH]n1. The predicted octanol–water partition coefficient (Wildman–Crippen LogP) is 0.318. The van der Waals surface area contributed by atoms with Crippen LogP contribution in [0.4, 0.5) is 0 Å². The molecule has 0 atom stereocenters. The van der Waals surface area contributed by atoms with Crippen LogP contribution in [0.5, 0.6) is 0 Å². The number of carbonyl (C=O) groups excluding carboxylic acids is 1. The van der Waals surface area contributed by atoms with Crippen LogP contribution in [-0.4, -0.2) is 45.0 Å². The first-order chi connectivity index (χ1) is 6.61. The molecule has 0 saturated heterocycles. The maximum atomic E-state index is 11.6. The molecule has 0 fully saturated rings. The van der Waals surface area contributed by atoms with Crippen LogP contribution < -0.4 is 0 Å². The lowest BCUT2D eigenvalue weighted by atomic mass is 10.1. The Morgan fingerprint density at radius 2 is 2.29 bits per heavy atom. The van der Waals surface area contributed by atoms with Gasteiger partial charge in [0.25, 0.3) is 11.7 Å². The van der Waals surface area contributed by atoms with Crippen molar-refractivity contribution in [3.63, 3.8) is 0 Å². The second kappa shape index (κ2) is 4.69. The van der Waals surface area contributed by atoms with E-state index in [9.17, 15) is 4.79 Å². The van der Waals surface area contributed by atoms with Crippen molar-refractivity contribution >= 4 is 5.91 Å². The van der Waals surface area contributed by atoms with Crippen molar-refractivity contribution in [3.05, 3.63) is 5.82 Å². The number of H-pyrrole nitrogens is 1. The Morgan fingerprint density at radius 3 is 2.79 bits per heavy atom. The van der Waals surface area contributed by atoms with Crippen LogP contribution in [0.25, 0.3) is 0 Å². The molecule has 1 N–H and O–H groups in total. The third-order valence-corrected chi connectivity index (χ3v) is 1.93. The molecule has 6 nitrogen and oxygen atoms in total. The van der Waals surface area contributed by atoms with Crippen molar-refractivity contribution in [2.75, 3.05) is 13.6 Å². The van der Waals surface area contributed by atoms with E-state index in [0.717, 1.165) is 6.42 Å². The van der Waals surface area contributed by atoms with Crippen molar-refractivity contribution in [2.24, 2.45) is 5.92 Å². The van der Waals surface area contributed by atoms with Gasteiger partial charge in [0.1, 0.15) is 0 Å². The first kappa shape index (κ1) is 10.6. The molecule has 0 spiro atoms. The summed E-state index contributed by atoms with van der Waals surface area (Å²) in [6.07, 6.45) is 0.972. The number of hydrogen-bond donors (Lipinski definition) is 1. The molecule has 1 heterocycles. The van der Waals surface area contributed by atoms with E-state index in [1.165, 1.54) is 0 Å². The van der Waals surface area contributed by atoms with Crippen molar-refractivity contribution in [3.8, 4) is 0 Å². The van der Waals surface area contributed by atoms with Gasteiger partial charge in [0.2, 0.25) is 0 Å². The molecule has 1 amide bonds. The van der Waals surface area contributed by atoms with Gasteiger partial charge in [-0.1, -0.05) is 13.8 Å². The Labute approximate surface area is 82.7 Å². The number of amides is 1. The molecule has 6 heteroatoms. The van der Waals surface area contributed by atoms with E-state index in [2.05, 4.69) is 34.5 Å². The lowest BCUT2D eigenvalue weighted by molar-refractivity contribution is 0.0777. The average Bonchev–Trinajstić information content (AvgIpc) is 2.65. The largest absolute Gasteiger partial charge is 0.339 e. The zero-order valence-electron chi connectivity index (χ0n) is 8.69. The molecule has 1 aromatic heterocycles. The number of nitrogens with one attached hydrogen (secondary N) is 1. The summed E-state index contributed by atoms with van der Waals surface area (Å²) >= 11 is 0. The maximum Gasteiger partial charge on any atom is 0.295 e. The minimum Gasteiger partial charge on any atom is -0.339 e. The molecule has 14 heavy (non-hydrogen) atoms. The number of aromatic amines is 1. The summed E-state index contributed by atoms with van der Waals surface area (Å²) in [5.41, 5.74) is 0. The third-order valence-electron chi connectivity index (χ3n) is 1.93. The normalized spacial score (nSPS) is 10.6. The number of tetrazole rings is 1. The Hall–Kier alpha value is -1.46. The van der Waals surface area contributed by atoms with Gasteiger partial charge in [-0.2, -0.15) is 5.21 Å². The highest BCUT2D eigenvalue weighted by Gasteiger charge is 2.15. The summed E-state index contributed by atoms with van der Waals surface area (Å²) in [6.45, 7) is 4.95. The van der Waals surface area contributed by atoms with Gasteiger partial charge in [0, 0.05) is 13.6 Å². The molecule has 0 aliphatic rings. The van der Waals surface area contributed by atoms with Gasteiger partial charge in [-0.3, -0.25) is 4.79 Å². The van der Waals surface area contributed by atoms with Gasteiger partial charge < -0.3 is 4.90 Å². The summed E-state index contributed by atoms with van der Waals surface area (Å²) < 4.78 is 0. The minimum absolute atomic E-state index is 0.122. The number of hydrogen-bond acceptors (Lipinski definition) is 4. The third kappa shape index (κ3) is 2.79. The van der Waals surface area contributed by atoms with Crippen molar-refractivity contribution in [1.29, 1.82) is 0 Å². The topological polar surface area (TPSA) is 74.8 Å². The molecule has 0 aliphatic heterocycles. The van der Waals surface area contributed by atoms with Crippen molar-refractivity contribution in [2.45, 2.75) is 20.3 Å². The highest BCUT2D eigenvalue weighted by Crippen LogP contribution is 2.02. The van der Waals surface area contributed by atoms with Gasteiger partial charge >= 0.3 is 0 Å². The van der Waals surface area contributed by atoms with Crippen molar-refractivity contribution < 1.29 is 4.79 Å². The van der Waals surface area contributed by atoms with Gasteiger partial charge in [-0.15, -0.1) is 10.2 Å². The molecule has 0 aliphatic carbocycles.